The molecule has 0 radical (unpaired) electrons. The van der Waals surface area contributed by atoms with Crippen molar-refractivity contribution in [3.63, 3.8) is 0 Å². The van der Waals surface area contributed by atoms with Crippen LogP contribution in [-0.4, -0.2) is 60.3 Å². The SMILES string of the molecule is CNC(=O)/C=C/c1cccc(-c2nc3ccccc3n2CCN2CCOCC2)c1. The van der Waals surface area contributed by atoms with Gasteiger partial charge in [0.05, 0.1) is 24.2 Å². The number of carbonyl (C=O) groups excluding carboxylic acids is 1. The fourth-order valence-electron chi connectivity index (χ4n) is 3.63. The molecule has 1 aromatic heterocycles. The molecular formula is C23H26N4O2. The molecular weight excluding hydrogens is 364 g/mol. The molecule has 1 saturated heterocycles. The van der Waals surface area contributed by atoms with Gasteiger partial charge in [-0.15, -0.1) is 0 Å². The number of amides is 1. The number of aromatic nitrogens is 2. The summed E-state index contributed by atoms with van der Waals surface area (Å²) in [7, 11) is 1.62. The van der Waals surface area contributed by atoms with E-state index in [0.29, 0.717) is 0 Å². The van der Waals surface area contributed by atoms with Crippen LogP contribution in [0.5, 0.6) is 0 Å². The standard InChI is InChI=1S/C23H26N4O2/c1-24-22(28)10-9-18-5-4-6-19(17-18)23-25-20-7-2-3-8-21(20)27(23)12-11-26-13-15-29-16-14-26/h2-10,17H,11-16H2,1H3,(H,24,28)/b10-9+. The maximum atomic E-state index is 11.5. The third kappa shape index (κ3) is 4.55. The van der Waals surface area contributed by atoms with Crippen molar-refractivity contribution in [3.05, 3.63) is 60.2 Å². The molecule has 0 spiro atoms. The van der Waals surface area contributed by atoms with Crippen molar-refractivity contribution >= 4 is 23.0 Å². The predicted molar refractivity (Wildman–Crippen MR) is 116 cm³/mol. The zero-order valence-corrected chi connectivity index (χ0v) is 16.7. The van der Waals surface area contributed by atoms with E-state index in [1.807, 2.05) is 24.3 Å². The highest BCUT2D eigenvalue weighted by atomic mass is 16.5. The van der Waals surface area contributed by atoms with E-state index in [0.717, 1.165) is 67.4 Å². The van der Waals surface area contributed by atoms with Gasteiger partial charge in [-0.1, -0.05) is 30.3 Å². The first-order valence-electron chi connectivity index (χ1n) is 10.0. The number of carbonyl (C=O) groups is 1. The van der Waals surface area contributed by atoms with Gasteiger partial charge in [-0.25, -0.2) is 4.98 Å². The Morgan fingerprint density at radius 1 is 1.14 bits per heavy atom. The highest BCUT2D eigenvalue weighted by molar-refractivity contribution is 5.91. The number of ether oxygens (including phenoxy) is 1. The molecule has 2 heterocycles. The molecule has 150 valence electrons. The van der Waals surface area contributed by atoms with Gasteiger partial charge in [-0.2, -0.15) is 0 Å². The third-order valence-corrected chi connectivity index (χ3v) is 5.22. The van der Waals surface area contributed by atoms with Crippen LogP contribution in [-0.2, 0) is 16.1 Å². The van der Waals surface area contributed by atoms with E-state index in [1.54, 1.807) is 13.1 Å². The topological polar surface area (TPSA) is 59.4 Å². The fraction of sp³-hybridized carbons (Fsp3) is 0.304. The Kier molecular flexibility index (Phi) is 6.03. The predicted octanol–water partition coefficient (Wildman–Crippen LogP) is 2.79. The van der Waals surface area contributed by atoms with Crippen LogP contribution in [0.1, 0.15) is 5.56 Å². The van der Waals surface area contributed by atoms with Crippen molar-refractivity contribution in [2.45, 2.75) is 6.54 Å². The summed E-state index contributed by atoms with van der Waals surface area (Å²) in [6.45, 7) is 5.39. The normalized spacial score (nSPS) is 15.2. The third-order valence-electron chi connectivity index (χ3n) is 5.22. The second kappa shape index (κ2) is 9.03. The van der Waals surface area contributed by atoms with Gasteiger partial charge in [-0.3, -0.25) is 9.69 Å². The summed E-state index contributed by atoms with van der Waals surface area (Å²) >= 11 is 0. The summed E-state index contributed by atoms with van der Waals surface area (Å²) in [5.41, 5.74) is 4.15. The Labute approximate surface area is 170 Å². The van der Waals surface area contributed by atoms with E-state index in [-0.39, 0.29) is 5.91 Å². The van der Waals surface area contributed by atoms with Gasteiger partial charge < -0.3 is 14.6 Å². The Bertz CT molecular complexity index is 1020. The summed E-state index contributed by atoms with van der Waals surface area (Å²) in [5, 5.41) is 2.60. The summed E-state index contributed by atoms with van der Waals surface area (Å²) < 4.78 is 7.76. The smallest absolute Gasteiger partial charge is 0.243 e. The van der Waals surface area contributed by atoms with Crippen molar-refractivity contribution in [2.75, 3.05) is 39.9 Å². The van der Waals surface area contributed by atoms with Gasteiger partial charge in [-0.05, 0) is 29.8 Å². The van der Waals surface area contributed by atoms with Crippen LogP contribution in [0, 0.1) is 0 Å². The molecule has 1 aliphatic heterocycles. The van der Waals surface area contributed by atoms with Crippen LogP contribution in [0.4, 0.5) is 0 Å². The van der Waals surface area contributed by atoms with E-state index >= 15 is 0 Å². The maximum absolute atomic E-state index is 11.5. The minimum atomic E-state index is -0.117. The molecule has 29 heavy (non-hydrogen) atoms. The first kappa shape index (κ1) is 19.4. The molecule has 1 amide bonds. The van der Waals surface area contributed by atoms with Gasteiger partial charge in [0.1, 0.15) is 5.82 Å². The second-order valence-corrected chi connectivity index (χ2v) is 7.10. The van der Waals surface area contributed by atoms with Gasteiger partial charge in [0.2, 0.25) is 5.91 Å². The van der Waals surface area contributed by atoms with Gasteiger partial charge in [0, 0.05) is 44.9 Å². The molecule has 1 fully saturated rings. The van der Waals surface area contributed by atoms with Crippen LogP contribution in [0.2, 0.25) is 0 Å². The fourth-order valence-corrected chi connectivity index (χ4v) is 3.63. The average Bonchev–Trinajstić information content (AvgIpc) is 3.15. The lowest BCUT2D eigenvalue weighted by Crippen LogP contribution is -2.38. The summed E-state index contributed by atoms with van der Waals surface area (Å²) in [4.78, 5) is 18.9. The molecule has 1 N–H and O–H groups in total. The monoisotopic (exact) mass is 390 g/mol. The van der Waals surface area contributed by atoms with Crippen molar-refractivity contribution < 1.29 is 9.53 Å². The van der Waals surface area contributed by atoms with E-state index in [1.165, 1.54) is 0 Å². The van der Waals surface area contributed by atoms with Crippen molar-refractivity contribution in [2.24, 2.45) is 0 Å². The Morgan fingerprint density at radius 3 is 2.79 bits per heavy atom. The number of rotatable bonds is 6. The lowest BCUT2D eigenvalue weighted by atomic mass is 10.1. The molecule has 4 rings (SSSR count). The van der Waals surface area contributed by atoms with Crippen LogP contribution in [0.25, 0.3) is 28.5 Å². The lowest BCUT2D eigenvalue weighted by Gasteiger charge is -2.27. The number of imidazole rings is 1. The number of benzene rings is 2. The Hall–Kier alpha value is -2.96. The zero-order valence-electron chi connectivity index (χ0n) is 16.7. The minimum absolute atomic E-state index is 0.117. The number of morpholine rings is 1. The first-order valence-corrected chi connectivity index (χ1v) is 10.0. The Balaban J connectivity index is 1.66. The quantitative estimate of drug-likeness (QED) is 0.658. The number of nitrogens with one attached hydrogen (secondary N) is 1. The van der Waals surface area contributed by atoms with Gasteiger partial charge in [0.15, 0.2) is 0 Å². The largest absolute Gasteiger partial charge is 0.379 e. The molecule has 6 nitrogen and oxygen atoms in total. The second-order valence-electron chi connectivity index (χ2n) is 7.10. The minimum Gasteiger partial charge on any atom is -0.379 e. The van der Waals surface area contributed by atoms with Crippen molar-refractivity contribution in [1.82, 2.24) is 19.8 Å². The molecule has 2 aromatic carbocycles. The molecule has 0 saturated carbocycles. The number of nitrogens with zero attached hydrogens (tertiary/aromatic N) is 3. The molecule has 0 bridgehead atoms. The number of para-hydroxylation sites is 2. The zero-order chi connectivity index (χ0) is 20.1. The van der Waals surface area contributed by atoms with Crippen LogP contribution in [0.3, 0.4) is 0 Å². The number of likely N-dealkylation sites (N-methyl/N-ethyl adjacent to an activating group) is 1. The lowest BCUT2D eigenvalue weighted by molar-refractivity contribution is -0.115. The molecule has 6 heteroatoms. The van der Waals surface area contributed by atoms with E-state index < -0.39 is 0 Å². The molecule has 0 unspecified atom stereocenters. The van der Waals surface area contributed by atoms with Crippen LogP contribution >= 0.6 is 0 Å². The number of hydrogen-bond donors (Lipinski definition) is 1. The van der Waals surface area contributed by atoms with Crippen LogP contribution < -0.4 is 5.32 Å². The summed E-state index contributed by atoms with van der Waals surface area (Å²) in [6.07, 6.45) is 3.36. The highest BCUT2D eigenvalue weighted by Crippen LogP contribution is 2.26. The van der Waals surface area contributed by atoms with E-state index in [9.17, 15) is 4.79 Å². The van der Waals surface area contributed by atoms with Gasteiger partial charge >= 0.3 is 0 Å². The summed E-state index contributed by atoms with van der Waals surface area (Å²) in [6, 6.07) is 16.4. The van der Waals surface area contributed by atoms with Gasteiger partial charge in [0.25, 0.3) is 0 Å². The first-order chi connectivity index (χ1) is 14.2. The average molecular weight is 390 g/mol. The highest BCUT2D eigenvalue weighted by Gasteiger charge is 2.15. The summed E-state index contributed by atoms with van der Waals surface area (Å²) in [5.74, 6) is 0.836. The van der Waals surface area contributed by atoms with Crippen LogP contribution in [0.15, 0.2) is 54.6 Å². The van der Waals surface area contributed by atoms with E-state index in [4.69, 9.17) is 9.72 Å². The van der Waals surface area contributed by atoms with Crippen molar-refractivity contribution in [1.29, 1.82) is 0 Å². The molecule has 3 aromatic rings. The van der Waals surface area contributed by atoms with E-state index in [2.05, 4.69) is 45.1 Å². The molecule has 1 aliphatic rings. The molecule has 0 atom stereocenters. The number of fused-ring (bicyclic) bond motifs is 1. The van der Waals surface area contributed by atoms with Crippen molar-refractivity contribution in [3.8, 4) is 11.4 Å². The number of hydrogen-bond acceptors (Lipinski definition) is 4. The maximum Gasteiger partial charge on any atom is 0.243 e. The Morgan fingerprint density at radius 2 is 1.97 bits per heavy atom. The molecule has 0 aliphatic carbocycles.